The quantitative estimate of drug-likeness (QED) is 0.739. The van der Waals surface area contributed by atoms with Gasteiger partial charge in [0.25, 0.3) is 5.91 Å². The normalized spacial score (nSPS) is 10.8. The van der Waals surface area contributed by atoms with Crippen LogP contribution in [-0.4, -0.2) is 44.9 Å². The third kappa shape index (κ3) is 3.77. The summed E-state index contributed by atoms with van der Waals surface area (Å²) in [4.78, 5) is 14.3. The van der Waals surface area contributed by atoms with Gasteiger partial charge in [-0.25, -0.2) is 0 Å². The number of para-hydroxylation sites is 1. The summed E-state index contributed by atoms with van der Waals surface area (Å²) in [5.74, 6) is 0.617. The van der Waals surface area contributed by atoms with Gasteiger partial charge in [0.15, 0.2) is 0 Å². The van der Waals surface area contributed by atoms with Crippen molar-refractivity contribution in [2.45, 2.75) is 26.9 Å². The number of hydrogen-bond donors (Lipinski definition) is 1. The number of nitrogens with one attached hydrogen (secondary N) is 1. The zero-order valence-corrected chi connectivity index (χ0v) is 15.5. The van der Waals surface area contributed by atoms with Gasteiger partial charge in [-0.05, 0) is 32.0 Å². The van der Waals surface area contributed by atoms with Crippen LogP contribution in [0.15, 0.2) is 36.4 Å². The molecule has 0 aliphatic heterocycles. The average Bonchev–Trinajstić information content (AvgIpc) is 3.21. The number of nitrogens with zero attached hydrogens (tertiary/aromatic N) is 4. The molecule has 3 aromatic rings. The maximum atomic E-state index is 12.7. The topological polar surface area (TPSA) is 76.0 Å². The van der Waals surface area contributed by atoms with E-state index in [1.54, 1.807) is 25.1 Å². The Morgan fingerprint density at radius 2 is 2.04 bits per heavy atom. The molecule has 2 aromatic heterocycles. The SMILES string of the molecule is COc1ccccc1CN(C)C(=O)c1cc(Cn2nc(C)cc2C)[nH]n1. The summed E-state index contributed by atoms with van der Waals surface area (Å²) in [6.45, 7) is 4.96. The van der Waals surface area contributed by atoms with Crippen LogP contribution in [0.25, 0.3) is 0 Å². The first-order valence-electron chi connectivity index (χ1n) is 8.40. The molecule has 1 amide bonds. The third-order valence-corrected chi connectivity index (χ3v) is 4.22. The zero-order valence-electron chi connectivity index (χ0n) is 15.5. The number of benzene rings is 1. The molecule has 26 heavy (non-hydrogen) atoms. The molecule has 0 aliphatic carbocycles. The first-order valence-corrected chi connectivity index (χ1v) is 8.40. The fourth-order valence-corrected chi connectivity index (χ4v) is 2.90. The minimum Gasteiger partial charge on any atom is -0.496 e. The van der Waals surface area contributed by atoms with E-state index in [2.05, 4.69) is 15.3 Å². The molecule has 0 saturated heterocycles. The van der Waals surface area contributed by atoms with Crippen LogP contribution in [-0.2, 0) is 13.1 Å². The lowest BCUT2D eigenvalue weighted by molar-refractivity contribution is 0.0778. The lowest BCUT2D eigenvalue weighted by Crippen LogP contribution is -2.26. The highest BCUT2D eigenvalue weighted by atomic mass is 16.5. The Kier molecular flexibility index (Phi) is 5.06. The molecule has 0 radical (unpaired) electrons. The zero-order chi connectivity index (χ0) is 18.7. The molecule has 1 N–H and O–H groups in total. The Balaban J connectivity index is 1.70. The van der Waals surface area contributed by atoms with Crippen molar-refractivity contribution in [1.29, 1.82) is 0 Å². The summed E-state index contributed by atoms with van der Waals surface area (Å²) in [5, 5.41) is 11.5. The van der Waals surface area contributed by atoms with Crippen molar-refractivity contribution in [3.05, 3.63) is 64.7 Å². The molecule has 2 heterocycles. The van der Waals surface area contributed by atoms with E-state index < -0.39 is 0 Å². The van der Waals surface area contributed by atoms with E-state index in [0.717, 1.165) is 28.4 Å². The molecule has 7 heteroatoms. The number of amides is 1. The number of H-pyrrole nitrogens is 1. The molecular formula is C19H23N5O2. The number of hydrogen-bond acceptors (Lipinski definition) is 4. The van der Waals surface area contributed by atoms with Crippen LogP contribution in [0.4, 0.5) is 0 Å². The molecular weight excluding hydrogens is 330 g/mol. The Morgan fingerprint density at radius 3 is 2.73 bits per heavy atom. The number of ether oxygens (including phenoxy) is 1. The van der Waals surface area contributed by atoms with Crippen molar-refractivity contribution in [2.24, 2.45) is 0 Å². The highest BCUT2D eigenvalue weighted by Gasteiger charge is 2.17. The van der Waals surface area contributed by atoms with Crippen molar-refractivity contribution in [3.63, 3.8) is 0 Å². The molecule has 0 fully saturated rings. The van der Waals surface area contributed by atoms with E-state index in [-0.39, 0.29) is 5.91 Å². The molecule has 3 rings (SSSR count). The second-order valence-electron chi connectivity index (χ2n) is 6.34. The lowest BCUT2D eigenvalue weighted by atomic mass is 10.2. The van der Waals surface area contributed by atoms with Gasteiger partial charge in [0, 0.05) is 24.8 Å². The highest BCUT2D eigenvalue weighted by molar-refractivity contribution is 5.92. The summed E-state index contributed by atoms with van der Waals surface area (Å²) in [6.07, 6.45) is 0. The van der Waals surface area contributed by atoms with Gasteiger partial charge in [-0.15, -0.1) is 0 Å². The number of carbonyl (C=O) groups is 1. The summed E-state index contributed by atoms with van der Waals surface area (Å²) >= 11 is 0. The maximum absolute atomic E-state index is 12.7. The molecule has 0 atom stereocenters. The largest absolute Gasteiger partial charge is 0.496 e. The summed E-state index contributed by atoms with van der Waals surface area (Å²) < 4.78 is 7.23. The van der Waals surface area contributed by atoms with Gasteiger partial charge in [0.2, 0.25) is 0 Å². The van der Waals surface area contributed by atoms with Crippen LogP contribution in [0.1, 0.15) is 33.1 Å². The van der Waals surface area contributed by atoms with E-state index >= 15 is 0 Å². The van der Waals surface area contributed by atoms with Gasteiger partial charge in [-0.3, -0.25) is 14.6 Å². The van der Waals surface area contributed by atoms with Gasteiger partial charge in [0.05, 0.1) is 25.0 Å². The van der Waals surface area contributed by atoms with E-state index in [1.807, 2.05) is 48.9 Å². The monoisotopic (exact) mass is 353 g/mol. The number of carbonyl (C=O) groups excluding carboxylic acids is 1. The smallest absolute Gasteiger partial charge is 0.274 e. The number of rotatable bonds is 6. The predicted molar refractivity (Wildman–Crippen MR) is 98.2 cm³/mol. The molecule has 0 unspecified atom stereocenters. The first kappa shape index (κ1) is 17.7. The van der Waals surface area contributed by atoms with Gasteiger partial charge in [-0.1, -0.05) is 18.2 Å². The molecule has 136 valence electrons. The van der Waals surface area contributed by atoms with Crippen molar-refractivity contribution in [3.8, 4) is 5.75 Å². The maximum Gasteiger partial charge on any atom is 0.274 e. The van der Waals surface area contributed by atoms with Crippen LogP contribution in [0, 0.1) is 13.8 Å². The van der Waals surface area contributed by atoms with Crippen LogP contribution in [0.3, 0.4) is 0 Å². The standard InChI is InChI=1S/C19H23N5O2/c1-13-9-14(2)24(22-13)12-16-10-17(21-20-16)19(25)23(3)11-15-7-5-6-8-18(15)26-4/h5-10H,11-12H2,1-4H3,(H,20,21). The summed E-state index contributed by atoms with van der Waals surface area (Å²) in [5.41, 5.74) is 4.21. The van der Waals surface area contributed by atoms with E-state index in [0.29, 0.717) is 18.8 Å². The summed E-state index contributed by atoms with van der Waals surface area (Å²) in [6, 6.07) is 11.5. The van der Waals surface area contributed by atoms with E-state index in [4.69, 9.17) is 4.74 Å². The molecule has 0 spiro atoms. The fourth-order valence-electron chi connectivity index (χ4n) is 2.90. The number of aromatic amines is 1. The Labute approximate surface area is 152 Å². The van der Waals surface area contributed by atoms with Crippen molar-refractivity contribution in [1.82, 2.24) is 24.9 Å². The third-order valence-electron chi connectivity index (χ3n) is 4.22. The van der Waals surface area contributed by atoms with E-state index in [1.165, 1.54) is 0 Å². The van der Waals surface area contributed by atoms with Crippen LogP contribution < -0.4 is 4.74 Å². The molecule has 7 nitrogen and oxygen atoms in total. The Hall–Kier alpha value is -3.09. The van der Waals surface area contributed by atoms with Crippen LogP contribution in [0.5, 0.6) is 5.75 Å². The fraction of sp³-hybridized carbons (Fsp3) is 0.316. The van der Waals surface area contributed by atoms with Gasteiger partial charge < -0.3 is 9.64 Å². The number of aryl methyl sites for hydroxylation is 2. The van der Waals surface area contributed by atoms with Crippen molar-refractivity contribution >= 4 is 5.91 Å². The van der Waals surface area contributed by atoms with E-state index in [9.17, 15) is 4.79 Å². The molecule has 0 aliphatic rings. The van der Waals surface area contributed by atoms with Gasteiger partial charge in [-0.2, -0.15) is 10.2 Å². The Bertz CT molecular complexity index is 912. The Morgan fingerprint density at radius 1 is 1.27 bits per heavy atom. The predicted octanol–water partition coefficient (Wildman–Crippen LogP) is 2.55. The van der Waals surface area contributed by atoms with Crippen LogP contribution >= 0.6 is 0 Å². The molecule has 0 bridgehead atoms. The van der Waals surface area contributed by atoms with Gasteiger partial charge >= 0.3 is 0 Å². The highest BCUT2D eigenvalue weighted by Crippen LogP contribution is 2.19. The van der Waals surface area contributed by atoms with Gasteiger partial charge in [0.1, 0.15) is 11.4 Å². The van der Waals surface area contributed by atoms with Crippen LogP contribution in [0.2, 0.25) is 0 Å². The minimum absolute atomic E-state index is 0.147. The molecule has 1 aromatic carbocycles. The minimum atomic E-state index is -0.147. The lowest BCUT2D eigenvalue weighted by Gasteiger charge is -2.17. The summed E-state index contributed by atoms with van der Waals surface area (Å²) in [7, 11) is 3.38. The van der Waals surface area contributed by atoms with Crippen molar-refractivity contribution in [2.75, 3.05) is 14.2 Å². The second-order valence-corrected chi connectivity index (χ2v) is 6.34. The first-order chi connectivity index (χ1) is 12.5. The number of methoxy groups -OCH3 is 1. The average molecular weight is 353 g/mol. The second kappa shape index (κ2) is 7.43. The number of aromatic nitrogens is 4. The van der Waals surface area contributed by atoms with Crippen molar-refractivity contribution < 1.29 is 9.53 Å². The molecule has 0 saturated carbocycles.